The molecule has 0 aliphatic carbocycles. The average molecular weight is 316 g/mol. The first-order valence-corrected chi connectivity index (χ1v) is 6.12. The Kier molecular flexibility index (Phi) is 2.93. The summed E-state index contributed by atoms with van der Waals surface area (Å²) in [5.41, 5.74) is 8.70. The number of thiophene rings is 1. The largest absolute Gasteiger partial charge is 0.397 e. The normalized spacial score (nSPS) is 10.1. The Balaban J connectivity index is 2.25. The summed E-state index contributed by atoms with van der Waals surface area (Å²) < 4.78 is 1.15. The second-order valence-electron chi connectivity index (χ2n) is 2.87. The zero-order chi connectivity index (χ0) is 9.97. The van der Waals surface area contributed by atoms with Crippen LogP contribution in [0, 0.1) is 3.57 Å². The van der Waals surface area contributed by atoms with Crippen molar-refractivity contribution in [2.45, 2.75) is 0 Å². The highest BCUT2D eigenvalue weighted by Crippen LogP contribution is 2.25. The van der Waals surface area contributed by atoms with Crippen molar-refractivity contribution >= 4 is 51.0 Å². The summed E-state index contributed by atoms with van der Waals surface area (Å²) in [6.07, 6.45) is 0. The first-order chi connectivity index (χ1) is 6.75. The van der Waals surface area contributed by atoms with Gasteiger partial charge in [-0.2, -0.15) is 11.3 Å². The van der Waals surface area contributed by atoms with E-state index in [2.05, 4.69) is 33.3 Å². The maximum absolute atomic E-state index is 5.87. The molecule has 1 aromatic carbocycles. The van der Waals surface area contributed by atoms with Gasteiger partial charge in [0.05, 0.1) is 11.4 Å². The van der Waals surface area contributed by atoms with E-state index in [9.17, 15) is 0 Å². The highest BCUT2D eigenvalue weighted by Gasteiger charge is 1.99. The predicted molar refractivity (Wildman–Crippen MR) is 71.2 cm³/mol. The van der Waals surface area contributed by atoms with Gasteiger partial charge in [-0.05, 0) is 52.2 Å². The molecule has 0 radical (unpaired) electrons. The van der Waals surface area contributed by atoms with Crippen molar-refractivity contribution < 1.29 is 0 Å². The van der Waals surface area contributed by atoms with Crippen molar-refractivity contribution in [3.63, 3.8) is 0 Å². The topological polar surface area (TPSA) is 38.0 Å². The van der Waals surface area contributed by atoms with E-state index < -0.39 is 0 Å². The van der Waals surface area contributed by atoms with Gasteiger partial charge in [-0.15, -0.1) is 0 Å². The van der Waals surface area contributed by atoms with Crippen LogP contribution in [0.3, 0.4) is 0 Å². The lowest BCUT2D eigenvalue weighted by molar-refractivity contribution is 1.56. The zero-order valence-corrected chi connectivity index (χ0v) is 10.3. The lowest BCUT2D eigenvalue weighted by atomic mass is 10.2. The van der Waals surface area contributed by atoms with Crippen LogP contribution in [0.15, 0.2) is 35.0 Å². The quantitative estimate of drug-likeness (QED) is 0.655. The Bertz CT molecular complexity index is 426. The summed E-state index contributed by atoms with van der Waals surface area (Å²) in [6, 6.07) is 8.01. The Morgan fingerprint density at radius 3 is 2.79 bits per heavy atom. The molecule has 0 fully saturated rings. The fourth-order valence-corrected chi connectivity index (χ4v) is 2.24. The summed E-state index contributed by atoms with van der Waals surface area (Å²) >= 11 is 3.91. The Morgan fingerprint density at radius 1 is 1.29 bits per heavy atom. The van der Waals surface area contributed by atoms with Crippen molar-refractivity contribution in [2.75, 3.05) is 11.1 Å². The minimum Gasteiger partial charge on any atom is -0.397 e. The van der Waals surface area contributed by atoms with Crippen LogP contribution < -0.4 is 11.1 Å². The molecule has 1 heterocycles. The molecule has 1 aromatic heterocycles. The molecular formula is C10H9IN2S. The number of nitrogens with one attached hydrogen (secondary N) is 1. The Hall–Kier alpha value is -0.750. The minimum atomic E-state index is 0.781. The van der Waals surface area contributed by atoms with Gasteiger partial charge in [-0.3, -0.25) is 0 Å². The van der Waals surface area contributed by atoms with Crippen LogP contribution in [-0.4, -0.2) is 0 Å². The number of benzene rings is 1. The first kappa shape index (κ1) is 9.79. The second-order valence-corrected chi connectivity index (χ2v) is 4.89. The molecule has 4 heteroatoms. The third kappa shape index (κ3) is 2.19. The minimum absolute atomic E-state index is 0.781. The predicted octanol–water partition coefficient (Wildman–Crippen LogP) is 3.68. The van der Waals surface area contributed by atoms with Crippen LogP contribution in [0.5, 0.6) is 0 Å². The van der Waals surface area contributed by atoms with Crippen molar-refractivity contribution in [1.82, 2.24) is 0 Å². The summed E-state index contributed by atoms with van der Waals surface area (Å²) in [6.45, 7) is 0. The van der Waals surface area contributed by atoms with Gasteiger partial charge in [0, 0.05) is 14.6 Å². The summed E-state index contributed by atoms with van der Waals surface area (Å²) in [5.74, 6) is 0. The summed E-state index contributed by atoms with van der Waals surface area (Å²) in [7, 11) is 0. The maximum Gasteiger partial charge on any atom is 0.0618 e. The van der Waals surface area contributed by atoms with Gasteiger partial charge in [0.15, 0.2) is 0 Å². The van der Waals surface area contributed by atoms with Gasteiger partial charge in [0.2, 0.25) is 0 Å². The van der Waals surface area contributed by atoms with E-state index in [1.54, 1.807) is 11.3 Å². The van der Waals surface area contributed by atoms with Crippen molar-refractivity contribution in [2.24, 2.45) is 0 Å². The second kappa shape index (κ2) is 4.18. The molecule has 2 rings (SSSR count). The van der Waals surface area contributed by atoms with E-state index >= 15 is 0 Å². The SMILES string of the molecule is Nc1cc(I)ccc1Nc1ccsc1. The molecule has 0 unspecified atom stereocenters. The van der Waals surface area contributed by atoms with E-state index in [0.717, 1.165) is 20.6 Å². The van der Waals surface area contributed by atoms with E-state index in [-0.39, 0.29) is 0 Å². The molecule has 14 heavy (non-hydrogen) atoms. The van der Waals surface area contributed by atoms with Crippen LogP contribution >= 0.6 is 33.9 Å². The van der Waals surface area contributed by atoms with Gasteiger partial charge >= 0.3 is 0 Å². The van der Waals surface area contributed by atoms with E-state index in [4.69, 9.17) is 5.73 Å². The van der Waals surface area contributed by atoms with Crippen LogP contribution in [-0.2, 0) is 0 Å². The third-order valence-corrected chi connectivity index (χ3v) is 3.17. The molecule has 0 aliphatic heterocycles. The highest BCUT2D eigenvalue weighted by atomic mass is 127. The lowest BCUT2D eigenvalue weighted by Crippen LogP contribution is -1.95. The number of nitrogens with two attached hydrogens (primary N) is 1. The summed E-state index contributed by atoms with van der Waals surface area (Å²) in [4.78, 5) is 0. The van der Waals surface area contributed by atoms with Crippen molar-refractivity contribution in [3.8, 4) is 0 Å². The highest BCUT2D eigenvalue weighted by molar-refractivity contribution is 14.1. The Morgan fingerprint density at radius 2 is 2.14 bits per heavy atom. The summed E-state index contributed by atoms with van der Waals surface area (Å²) in [5, 5.41) is 7.35. The van der Waals surface area contributed by atoms with Crippen LogP contribution in [0.2, 0.25) is 0 Å². The number of hydrogen-bond donors (Lipinski definition) is 2. The molecule has 72 valence electrons. The van der Waals surface area contributed by atoms with Gasteiger partial charge in [-0.25, -0.2) is 0 Å². The molecule has 2 nitrogen and oxygen atoms in total. The molecule has 0 atom stereocenters. The average Bonchev–Trinajstić information content (AvgIpc) is 2.62. The fourth-order valence-electron chi connectivity index (χ4n) is 1.14. The molecular weight excluding hydrogens is 307 g/mol. The van der Waals surface area contributed by atoms with Gasteiger partial charge in [-0.1, -0.05) is 0 Å². The Labute approximate surface area is 100 Å². The molecule has 0 amide bonds. The van der Waals surface area contributed by atoms with Gasteiger partial charge in [0.1, 0.15) is 0 Å². The van der Waals surface area contributed by atoms with E-state index in [1.807, 2.05) is 29.6 Å². The molecule has 0 saturated carbocycles. The number of halogens is 1. The smallest absolute Gasteiger partial charge is 0.0618 e. The van der Waals surface area contributed by atoms with Gasteiger partial charge in [0.25, 0.3) is 0 Å². The third-order valence-electron chi connectivity index (χ3n) is 1.81. The standard InChI is InChI=1S/C10H9IN2S/c11-7-1-2-10(9(12)5-7)13-8-3-4-14-6-8/h1-6,13H,12H2. The van der Waals surface area contributed by atoms with Crippen LogP contribution in [0.25, 0.3) is 0 Å². The monoisotopic (exact) mass is 316 g/mol. The fraction of sp³-hybridized carbons (Fsp3) is 0. The number of anilines is 3. The maximum atomic E-state index is 5.87. The molecule has 0 saturated heterocycles. The number of nitrogen functional groups attached to an aromatic ring is 1. The van der Waals surface area contributed by atoms with Crippen LogP contribution in [0.4, 0.5) is 17.1 Å². The number of hydrogen-bond acceptors (Lipinski definition) is 3. The van der Waals surface area contributed by atoms with E-state index in [0.29, 0.717) is 0 Å². The van der Waals surface area contributed by atoms with Gasteiger partial charge < -0.3 is 11.1 Å². The molecule has 3 N–H and O–H groups in total. The molecule has 0 bridgehead atoms. The zero-order valence-electron chi connectivity index (χ0n) is 7.33. The van der Waals surface area contributed by atoms with Crippen LogP contribution in [0.1, 0.15) is 0 Å². The lowest BCUT2D eigenvalue weighted by Gasteiger charge is -2.07. The van der Waals surface area contributed by atoms with E-state index in [1.165, 1.54) is 0 Å². The molecule has 2 aromatic rings. The first-order valence-electron chi connectivity index (χ1n) is 4.10. The van der Waals surface area contributed by atoms with Crippen molar-refractivity contribution in [3.05, 3.63) is 38.6 Å². The van der Waals surface area contributed by atoms with Crippen molar-refractivity contribution in [1.29, 1.82) is 0 Å². The molecule has 0 aliphatic rings. The number of rotatable bonds is 2. The molecule has 0 spiro atoms.